The Balaban J connectivity index is 2.04. The molecule has 1 aromatic rings. The number of hydrogen-bond donors (Lipinski definition) is 1. The second-order valence-corrected chi connectivity index (χ2v) is 5.43. The van der Waals surface area contributed by atoms with Gasteiger partial charge >= 0.3 is 0 Å². The summed E-state index contributed by atoms with van der Waals surface area (Å²) in [5.41, 5.74) is 1.19. The lowest BCUT2D eigenvalue weighted by Gasteiger charge is -2.20. The number of rotatable bonds is 6. The Bertz CT molecular complexity index is 389. The van der Waals surface area contributed by atoms with Crippen molar-refractivity contribution < 1.29 is 9.47 Å². The normalized spacial score (nSPS) is 20.7. The van der Waals surface area contributed by atoms with E-state index in [4.69, 9.17) is 9.47 Å². The van der Waals surface area contributed by atoms with Crippen molar-refractivity contribution in [2.45, 2.75) is 38.8 Å². The summed E-state index contributed by atoms with van der Waals surface area (Å²) in [6.45, 7) is 5.83. The summed E-state index contributed by atoms with van der Waals surface area (Å²) in [5.74, 6) is 1.49. The van der Waals surface area contributed by atoms with Crippen LogP contribution >= 0.6 is 0 Å². The Hall–Kier alpha value is -1.13. The summed E-state index contributed by atoms with van der Waals surface area (Å²) in [6, 6.07) is 2.40. The van der Waals surface area contributed by atoms with E-state index in [2.05, 4.69) is 16.4 Å². The molecule has 0 aliphatic carbocycles. The molecule has 2 atom stereocenters. The molecule has 0 amide bonds. The predicted octanol–water partition coefficient (Wildman–Crippen LogP) is 2.56. The number of aromatic nitrogens is 1. The van der Waals surface area contributed by atoms with E-state index < -0.39 is 0 Å². The highest BCUT2D eigenvalue weighted by Crippen LogP contribution is 2.27. The third kappa shape index (κ3) is 4.18. The van der Waals surface area contributed by atoms with Crippen LogP contribution < -0.4 is 10.1 Å². The van der Waals surface area contributed by atoms with E-state index >= 15 is 0 Å². The van der Waals surface area contributed by atoms with Crippen LogP contribution in [-0.2, 0) is 4.74 Å². The van der Waals surface area contributed by atoms with E-state index in [9.17, 15) is 0 Å². The largest absolute Gasteiger partial charge is 0.489 e. The molecule has 1 aromatic heterocycles. The van der Waals surface area contributed by atoms with Crippen LogP contribution in [-0.4, -0.2) is 31.3 Å². The number of nitrogens with one attached hydrogen (secondary N) is 1. The van der Waals surface area contributed by atoms with Crippen molar-refractivity contribution in [3.05, 3.63) is 24.0 Å². The SMILES string of the molecule is CNC(CC1CCOC1)c1cncc(OC(C)C)c1. The molecule has 1 aliphatic rings. The summed E-state index contributed by atoms with van der Waals surface area (Å²) in [5, 5.41) is 3.37. The van der Waals surface area contributed by atoms with Crippen molar-refractivity contribution in [2.24, 2.45) is 5.92 Å². The van der Waals surface area contributed by atoms with E-state index in [1.807, 2.05) is 27.1 Å². The molecule has 2 heterocycles. The fourth-order valence-electron chi connectivity index (χ4n) is 2.49. The van der Waals surface area contributed by atoms with E-state index in [1.165, 1.54) is 5.56 Å². The van der Waals surface area contributed by atoms with Crippen LogP contribution in [0.4, 0.5) is 0 Å². The van der Waals surface area contributed by atoms with Crippen molar-refractivity contribution in [1.29, 1.82) is 0 Å². The molecule has 0 radical (unpaired) electrons. The smallest absolute Gasteiger partial charge is 0.138 e. The molecule has 2 rings (SSSR count). The van der Waals surface area contributed by atoms with Gasteiger partial charge in [-0.25, -0.2) is 0 Å². The molecular weight excluding hydrogens is 240 g/mol. The fraction of sp³-hybridized carbons (Fsp3) is 0.667. The Morgan fingerprint density at radius 1 is 1.47 bits per heavy atom. The van der Waals surface area contributed by atoms with Crippen LogP contribution in [0.5, 0.6) is 5.75 Å². The quantitative estimate of drug-likeness (QED) is 0.857. The maximum Gasteiger partial charge on any atom is 0.138 e. The molecule has 0 bridgehead atoms. The molecule has 2 unspecified atom stereocenters. The zero-order chi connectivity index (χ0) is 13.7. The molecule has 4 heteroatoms. The van der Waals surface area contributed by atoms with Gasteiger partial charge in [0.2, 0.25) is 0 Å². The summed E-state index contributed by atoms with van der Waals surface area (Å²) < 4.78 is 11.2. The lowest BCUT2D eigenvalue weighted by atomic mass is 9.95. The average molecular weight is 264 g/mol. The first kappa shape index (κ1) is 14.3. The second kappa shape index (κ2) is 6.87. The zero-order valence-electron chi connectivity index (χ0n) is 12.1. The first-order valence-electron chi connectivity index (χ1n) is 7.05. The maximum atomic E-state index is 5.70. The average Bonchev–Trinajstić information content (AvgIpc) is 2.88. The lowest BCUT2D eigenvalue weighted by Crippen LogP contribution is -2.20. The Kier molecular flexibility index (Phi) is 5.16. The van der Waals surface area contributed by atoms with Gasteiger partial charge in [0.05, 0.1) is 12.3 Å². The lowest BCUT2D eigenvalue weighted by molar-refractivity contribution is 0.181. The fourth-order valence-corrected chi connectivity index (χ4v) is 2.49. The first-order valence-corrected chi connectivity index (χ1v) is 7.05. The highest BCUT2D eigenvalue weighted by molar-refractivity contribution is 5.26. The number of ether oxygens (including phenoxy) is 2. The van der Waals surface area contributed by atoms with Crippen LogP contribution in [0.25, 0.3) is 0 Å². The van der Waals surface area contributed by atoms with E-state index in [0.717, 1.165) is 31.8 Å². The number of nitrogens with zero attached hydrogens (tertiary/aromatic N) is 1. The van der Waals surface area contributed by atoms with E-state index in [-0.39, 0.29) is 6.10 Å². The van der Waals surface area contributed by atoms with Crippen LogP contribution in [0.15, 0.2) is 18.5 Å². The molecule has 0 spiro atoms. The third-order valence-corrected chi connectivity index (χ3v) is 3.45. The topological polar surface area (TPSA) is 43.4 Å². The van der Waals surface area contributed by atoms with Gasteiger partial charge in [0.1, 0.15) is 5.75 Å². The van der Waals surface area contributed by atoms with Crippen LogP contribution in [0.3, 0.4) is 0 Å². The summed E-state index contributed by atoms with van der Waals surface area (Å²) in [4.78, 5) is 4.28. The molecule has 0 aromatic carbocycles. The monoisotopic (exact) mass is 264 g/mol. The molecule has 4 nitrogen and oxygen atoms in total. The molecule has 1 saturated heterocycles. The second-order valence-electron chi connectivity index (χ2n) is 5.43. The van der Waals surface area contributed by atoms with Crippen LogP contribution in [0.1, 0.15) is 38.3 Å². The van der Waals surface area contributed by atoms with Crippen molar-refractivity contribution in [2.75, 3.05) is 20.3 Å². The minimum absolute atomic E-state index is 0.174. The predicted molar refractivity (Wildman–Crippen MR) is 75.3 cm³/mol. The van der Waals surface area contributed by atoms with Gasteiger partial charge in [-0.2, -0.15) is 0 Å². The Morgan fingerprint density at radius 2 is 2.32 bits per heavy atom. The van der Waals surface area contributed by atoms with Gasteiger partial charge in [0, 0.05) is 25.5 Å². The summed E-state index contributed by atoms with van der Waals surface area (Å²) in [6.07, 6.45) is 6.12. The van der Waals surface area contributed by atoms with Crippen molar-refractivity contribution >= 4 is 0 Å². The summed E-state index contributed by atoms with van der Waals surface area (Å²) in [7, 11) is 2.00. The van der Waals surface area contributed by atoms with Crippen molar-refractivity contribution in [3.8, 4) is 5.75 Å². The zero-order valence-corrected chi connectivity index (χ0v) is 12.1. The van der Waals surface area contributed by atoms with Gasteiger partial charge in [-0.15, -0.1) is 0 Å². The van der Waals surface area contributed by atoms with Crippen molar-refractivity contribution in [1.82, 2.24) is 10.3 Å². The highest BCUT2D eigenvalue weighted by atomic mass is 16.5. The van der Waals surface area contributed by atoms with Crippen LogP contribution in [0, 0.1) is 5.92 Å². The van der Waals surface area contributed by atoms with E-state index in [0.29, 0.717) is 12.0 Å². The van der Waals surface area contributed by atoms with Gasteiger partial charge in [-0.1, -0.05) is 0 Å². The van der Waals surface area contributed by atoms with Gasteiger partial charge in [-0.05, 0) is 51.3 Å². The molecule has 0 saturated carbocycles. The number of hydrogen-bond acceptors (Lipinski definition) is 4. The first-order chi connectivity index (χ1) is 9.19. The minimum atomic E-state index is 0.174. The van der Waals surface area contributed by atoms with Gasteiger partial charge in [0.15, 0.2) is 0 Å². The minimum Gasteiger partial charge on any atom is -0.489 e. The molecule has 106 valence electrons. The molecule has 1 N–H and O–H groups in total. The van der Waals surface area contributed by atoms with Gasteiger partial charge < -0.3 is 14.8 Å². The van der Waals surface area contributed by atoms with E-state index in [1.54, 1.807) is 6.20 Å². The Morgan fingerprint density at radius 3 is 2.95 bits per heavy atom. The summed E-state index contributed by atoms with van der Waals surface area (Å²) >= 11 is 0. The molecule has 1 aliphatic heterocycles. The van der Waals surface area contributed by atoms with Crippen molar-refractivity contribution in [3.63, 3.8) is 0 Å². The Labute approximate surface area is 115 Å². The molecule has 19 heavy (non-hydrogen) atoms. The standard InChI is InChI=1S/C15H24N2O2/c1-11(2)19-14-7-13(8-17-9-14)15(16-3)6-12-4-5-18-10-12/h7-9,11-12,15-16H,4-6,10H2,1-3H3. The molecular formula is C15H24N2O2. The number of pyridine rings is 1. The van der Waals surface area contributed by atoms with Crippen LogP contribution in [0.2, 0.25) is 0 Å². The van der Waals surface area contributed by atoms with Gasteiger partial charge in [0.25, 0.3) is 0 Å². The molecule has 1 fully saturated rings. The third-order valence-electron chi connectivity index (χ3n) is 3.45. The maximum absolute atomic E-state index is 5.70. The van der Waals surface area contributed by atoms with Gasteiger partial charge in [-0.3, -0.25) is 4.98 Å². The highest BCUT2D eigenvalue weighted by Gasteiger charge is 2.21.